The van der Waals surface area contributed by atoms with Gasteiger partial charge in [-0.2, -0.15) is 4.99 Å². The number of para-hydroxylation sites is 1. The van der Waals surface area contributed by atoms with Crippen molar-refractivity contribution >= 4 is 34.7 Å². The maximum absolute atomic E-state index is 12.7. The van der Waals surface area contributed by atoms with Crippen molar-refractivity contribution in [2.75, 3.05) is 24.5 Å². The average molecular weight is 424 g/mol. The van der Waals surface area contributed by atoms with Crippen LogP contribution >= 0.6 is 12.2 Å². The highest BCUT2D eigenvalue weighted by atomic mass is 32.1. The van der Waals surface area contributed by atoms with Crippen LogP contribution in [0.15, 0.2) is 59.6 Å². The summed E-state index contributed by atoms with van der Waals surface area (Å²) in [6, 6.07) is 17.5. The Morgan fingerprint density at radius 2 is 1.97 bits per heavy atom. The molecule has 0 aliphatic carbocycles. The Labute approximate surface area is 184 Å². The maximum Gasteiger partial charge on any atom is 0.226 e. The summed E-state index contributed by atoms with van der Waals surface area (Å²) in [5, 5.41) is 13.0. The molecule has 0 radical (unpaired) electrons. The van der Waals surface area contributed by atoms with Gasteiger partial charge in [-0.3, -0.25) is 9.69 Å². The smallest absolute Gasteiger partial charge is 0.226 e. The molecular weight excluding hydrogens is 394 g/mol. The average Bonchev–Trinajstić information content (AvgIpc) is 2.76. The molecule has 1 heterocycles. The van der Waals surface area contributed by atoms with E-state index in [9.17, 15) is 9.90 Å². The van der Waals surface area contributed by atoms with Crippen LogP contribution in [0.25, 0.3) is 0 Å². The van der Waals surface area contributed by atoms with Gasteiger partial charge in [0.15, 0.2) is 0 Å². The monoisotopic (exact) mass is 423 g/mol. The molecule has 0 bridgehead atoms. The van der Waals surface area contributed by atoms with Gasteiger partial charge in [0.05, 0.1) is 17.0 Å². The quantitative estimate of drug-likeness (QED) is 0.522. The predicted octanol–water partition coefficient (Wildman–Crippen LogP) is 4.61. The number of hydrogen-bond donors (Lipinski definition) is 1. The number of likely N-dealkylation sites (tertiary alicyclic amines) is 1. The van der Waals surface area contributed by atoms with E-state index in [0.717, 1.165) is 36.4 Å². The molecule has 0 aromatic heterocycles. The first-order valence-corrected chi connectivity index (χ1v) is 10.9. The topological polar surface area (TPSA) is 56.1 Å². The Bertz CT molecular complexity index is 881. The normalized spacial score (nSPS) is 20.2. The lowest BCUT2D eigenvalue weighted by atomic mass is 9.91. The van der Waals surface area contributed by atoms with E-state index < -0.39 is 6.10 Å². The summed E-state index contributed by atoms with van der Waals surface area (Å²) in [6.07, 6.45) is 0.808. The fourth-order valence-corrected chi connectivity index (χ4v) is 4.33. The van der Waals surface area contributed by atoms with Gasteiger partial charge >= 0.3 is 0 Å². The number of anilines is 1. The van der Waals surface area contributed by atoms with Gasteiger partial charge < -0.3 is 10.0 Å². The SMILES string of the molecule is CCC(=O)N(c1ccccc1)[C@@H]1CCN(C[C@@H](O)c2ccc(N=C=S)cc2)C[C@@H]1C. The molecule has 1 N–H and O–H groups in total. The number of nitrogens with zero attached hydrogens (tertiary/aromatic N) is 3. The Kier molecular flexibility index (Phi) is 7.88. The molecule has 1 aliphatic heterocycles. The highest BCUT2D eigenvalue weighted by Crippen LogP contribution is 2.29. The molecule has 1 amide bonds. The second-order valence-electron chi connectivity index (χ2n) is 7.86. The molecule has 1 aliphatic rings. The Morgan fingerprint density at radius 1 is 1.27 bits per heavy atom. The number of rotatable bonds is 7. The summed E-state index contributed by atoms with van der Waals surface area (Å²) in [6.45, 7) is 6.37. The molecule has 5 nitrogen and oxygen atoms in total. The molecule has 158 valence electrons. The van der Waals surface area contributed by atoms with E-state index in [0.29, 0.717) is 18.9 Å². The molecule has 3 atom stereocenters. The number of thiocarbonyl (C=S) groups is 1. The van der Waals surface area contributed by atoms with E-state index in [-0.39, 0.29) is 11.9 Å². The second-order valence-corrected chi connectivity index (χ2v) is 8.04. The van der Waals surface area contributed by atoms with Crippen LogP contribution in [0.2, 0.25) is 0 Å². The first-order valence-electron chi connectivity index (χ1n) is 10.5. The lowest BCUT2D eigenvalue weighted by molar-refractivity contribution is -0.119. The third-order valence-electron chi connectivity index (χ3n) is 5.77. The highest BCUT2D eigenvalue weighted by molar-refractivity contribution is 7.78. The molecule has 0 spiro atoms. The van der Waals surface area contributed by atoms with Crippen molar-refractivity contribution in [2.24, 2.45) is 10.9 Å². The van der Waals surface area contributed by atoms with Crippen LogP contribution in [0.5, 0.6) is 0 Å². The van der Waals surface area contributed by atoms with Gasteiger partial charge in [-0.1, -0.05) is 44.2 Å². The third-order valence-corrected chi connectivity index (χ3v) is 5.86. The van der Waals surface area contributed by atoms with Crippen LogP contribution < -0.4 is 4.90 Å². The minimum absolute atomic E-state index is 0.158. The number of benzene rings is 2. The Hall–Kier alpha value is -2.37. The van der Waals surface area contributed by atoms with Crippen molar-refractivity contribution in [1.82, 2.24) is 4.90 Å². The lowest BCUT2D eigenvalue weighted by Gasteiger charge is -2.43. The highest BCUT2D eigenvalue weighted by Gasteiger charge is 2.34. The lowest BCUT2D eigenvalue weighted by Crippen LogP contribution is -2.52. The summed E-state index contributed by atoms with van der Waals surface area (Å²) >= 11 is 4.62. The predicted molar refractivity (Wildman–Crippen MR) is 124 cm³/mol. The number of carbonyl (C=O) groups is 1. The van der Waals surface area contributed by atoms with Crippen molar-refractivity contribution in [3.63, 3.8) is 0 Å². The molecule has 3 rings (SSSR count). The minimum atomic E-state index is -0.568. The molecule has 0 unspecified atom stereocenters. The first kappa shape index (κ1) is 22.3. The van der Waals surface area contributed by atoms with Crippen LogP contribution in [0.3, 0.4) is 0 Å². The van der Waals surface area contributed by atoms with Crippen molar-refractivity contribution in [2.45, 2.75) is 38.8 Å². The number of β-amino-alcohol motifs (C(OH)–C–C–N with tert-alkyl or cyclic N) is 1. The largest absolute Gasteiger partial charge is 0.387 e. The number of aliphatic hydroxyl groups excluding tert-OH is 1. The molecule has 2 aromatic rings. The third kappa shape index (κ3) is 5.41. The van der Waals surface area contributed by atoms with E-state index in [4.69, 9.17) is 0 Å². The fraction of sp³-hybridized carbons (Fsp3) is 0.417. The van der Waals surface area contributed by atoms with Crippen LogP contribution in [0, 0.1) is 5.92 Å². The van der Waals surface area contributed by atoms with Crippen LogP contribution in [0.4, 0.5) is 11.4 Å². The molecule has 1 fully saturated rings. The van der Waals surface area contributed by atoms with E-state index >= 15 is 0 Å². The number of carbonyl (C=O) groups excluding carboxylic acids is 1. The number of piperidine rings is 1. The zero-order valence-corrected chi connectivity index (χ0v) is 18.4. The minimum Gasteiger partial charge on any atom is -0.387 e. The standard InChI is InChI=1S/C24H29N3O2S/c1-3-24(29)27(21-7-5-4-6-8-21)22-13-14-26(15-18(22)2)16-23(28)19-9-11-20(12-10-19)25-17-30/h4-12,18,22-23,28H,3,13-16H2,1-2H3/t18-,22+,23+/m0/s1. The Balaban J connectivity index is 1.65. The number of aliphatic imine (C=N–C) groups is 1. The van der Waals surface area contributed by atoms with E-state index in [1.165, 1.54) is 0 Å². The molecule has 2 aromatic carbocycles. The Morgan fingerprint density at radius 3 is 2.57 bits per heavy atom. The number of hydrogen-bond acceptors (Lipinski definition) is 5. The van der Waals surface area contributed by atoms with E-state index in [1.807, 2.05) is 66.4 Å². The summed E-state index contributed by atoms with van der Waals surface area (Å²) in [4.78, 5) is 20.9. The van der Waals surface area contributed by atoms with Crippen molar-refractivity contribution in [3.8, 4) is 0 Å². The molecule has 0 saturated carbocycles. The van der Waals surface area contributed by atoms with Gasteiger partial charge in [0.1, 0.15) is 0 Å². The zero-order chi connectivity index (χ0) is 21.5. The fourth-order valence-electron chi connectivity index (χ4n) is 4.22. The number of aliphatic hydroxyl groups is 1. The zero-order valence-electron chi connectivity index (χ0n) is 17.6. The van der Waals surface area contributed by atoms with E-state index in [2.05, 4.69) is 34.2 Å². The number of amides is 1. The van der Waals surface area contributed by atoms with Gasteiger partial charge in [-0.25, -0.2) is 0 Å². The van der Waals surface area contributed by atoms with Crippen molar-refractivity contribution in [3.05, 3.63) is 60.2 Å². The molecule has 30 heavy (non-hydrogen) atoms. The van der Waals surface area contributed by atoms with Crippen LogP contribution in [-0.2, 0) is 4.79 Å². The molecule has 6 heteroatoms. The van der Waals surface area contributed by atoms with Crippen molar-refractivity contribution < 1.29 is 9.90 Å². The molecule has 1 saturated heterocycles. The van der Waals surface area contributed by atoms with Crippen LogP contribution in [-0.4, -0.2) is 46.8 Å². The van der Waals surface area contributed by atoms with Gasteiger partial charge in [-0.05, 0) is 54.4 Å². The molecular formula is C24H29N3O2S. The summed E-state index contributed by atoms with van der Waals surface area (Å²) < 4.78 is 0. The van der Waals surface area contributed by atoms with Gasteiger partial charge in [0.2, 0.25) is 5.91 Å². The summed E-state index contributed by atoms with van der Waals surface area (Å²) in [5.74, 6) is 0.464. The van der Waals surface area contributed by atoms with Crippen LogP contribution in [0.1, 0.15) is 38.4 Å². The van der Waals surface area contributed by atoms with E-state index in [1.54, 1.807) is 0 Å². The maximum atomic E-state index is 12.7. The first-order chi connectivity index (χ1) is 14.5. The van der Waals surface area contributed by atoms with Gasteiger partial charge in [0.25, 0.3) is 0 Å². The van der Waals surface area contributed by atoms with Crippen molar-refractivity contribution in [1.29, 1.82) is 0 Å². The van der Waals surface area contributed by atoms with Gasteiger partial charge in [0, 0.05) is 37.8 Å². The second kappa shape index (κ2) is 10.6. The summed E-state index contributed by atoms with van der Waals surface area (Å²) in [5.41, 5.74) is 2.56. The van der Waals surface area contributed by atoms with Gasteiger partial charge in [-0.15, -0.1) is 0 Å². The summed E-state index contributed by atoms with van der Waals surface area (Å²) in [7, 11) is 0. The number of isothiocyanates is 1.